The van der Waals surface area contributed by atoms with Crippen molar-refractivity contribution < 1.29 is 4.74 Å². The lowest BCUT2D eigenvalue weighted by atomic mass is 9.82. The summed E-state index contributed by atoms with van der Waals surface area (Å²) < 4.78 is 7.62. The van der Waals surface area contributed by atoms with Crippen LogP contribution in [0.5, 0.6) is 5.88 Å². The molecule has 0 bridgehead atoms. The summed E-state index contributed by atoms with van der Waals surface area (Å²) in [6.45, 7) is 3.97. The van der Waals surface area contributed by atoms with Crippen molar-refractivity contribution in [1.82, 2.24) is 9.78 Å². The number of rotatable bonds is 2. The lowest BCUT2D eigenvalue weighted by molar-refractivity contribution is 0.367. The molecule has 2 aromatic carbocycles. The van der Waals surface area contributed by atoms with E-state index in [0.29, 0.717) is 11.5 Å². The fraction of sp³-hybridized carbons (Fsp3) is 0.143. The molecule has 0 saturated heterocycles. The van der Waals surface area contributed by atoms with Crippen molar-refractivity contribution in [2.24, 2.45) is 5.73 Å². The first-order chi connectivity index (χ1) is 12.6. The van der Waals surface area contributed by atoms with Gasteiger partial charge in [0.1, 0.15) is 11.6 Å². The van der Waals surface area contributed by atoms with Crippen molar-refractivity contribution in [3.05, 3.63) is 88.4 Å². The molecule has 0 spiro atoms. The van der Waals surface area contributed by atoms with Gasteiger partial charge in [-0.1, -0.05) is 42.5 Å². The monoisotopic (exact) mass is 342 g/mol. The van der Waals surface area contributed by atoms with Crippen LogP contribution in [0.25, 0.3) is 5.69 Å². The molecule has 1 atom stereocenters. The van der Waals surface area contributed by atoms with E-state index in [1.165, 1.54) is 0 Å². The zero-order valence-electron chi connectivity index (χ0n) is 14.6. The summed E-state index contributed by atoms with van der Waals surface area (Å²) >= 11 is 0. The van der Waals surface area contributed by atoms with E-state index in [-0.39, 0.29) is 11.8 Å². The first-order valence-electron chi connectivity index (χ1n) is 8.40. The molecule has 1 aliphatic rings. The Bertz CT molecular complexity index is 1060. The third-order valence-corrected chi connectivity index (χ3v) is 4.73. The average Bonchev–Trinajstić information content (AvgIpc) is 2.98. The minimum absolute atomic E-state index is 0.130. The second kappa shape index (κ2) is 6.08. The summed E-state index contributed by atoms with van der Waals surface area (Å²) in [6.07, 6.45) is 0. The Morgan fingerprint density at radius 1 is 1.08 bits per heavy atom. The molecule has 1 aromatic heterocycles. The molecule has 128 valence electrons. The van der Waals surface area contributed by atoms with E-state index in [2.05, 4.69) is 11.2 Å². The van der Waals surface area contributed by atoms with E-state index in [0.717, 1.165) is 28.1 Å². The number of benzene rings is 2. The van der Waals surface area contributed by atoms with Crippen molar-refractivity contribution >= 4 is 0 Å². The molecule has 1 aliphatic heterocycles. The summed E-state index contributed by atoms with van der Waals surface area (Å²) in [6, 6.07) is 20.0. The van der Waals surface area contributed by atoms with Crippen LogP contribution in [0.15, 0.2) is 66.1 Å². The highest BCUT2D eigenvalue weighted by atomic mass is 16.5. The standard InChI is InChI=1S/C21H18N4O/c1-13-8-6-7-11-16(13)19-17(12-22)20(23)26-21-18(19)14(2)24-25(21)15-9-4-3-5-10-15/h3-11,19H,23H2,1-2H3/t19-/m1/s1. The van der Waals surface area contributed by atoms with Gasteiger partial charge < -0.3 is 10.5 Å². The van der Waals surface area contributed by atoms with E-state index < -0.39 is 0 Å². The second-order valence-electron chi connectivity index (χ2n) is 6.33. The summed E-state index contributed by atoms with van der Waals surface area (Å²) in [5, 5.41) is 14.4. The lowest BCUT2D eigenvalue weighted by Crippen LogP contribution is -2.22. The fourth-order valence-electron chi connectivity index (χ4n) is 3.48. The first kappa shape index (κ1) is 16.0. The SMILES string of the molecule is Cc1ccccc1[C@@H]1C(C#N)=C(N)Oc2c1c(C)nn2-c1ccccc1. The Balaban J connectivity index is 1.99. The highest BCUT2D eigenvalue weighted by molar-refractivity contribution is 5.58. The van der Waals surface area contributed by atoms with E-state index in [1.54, 1.807) is 4.68 Å². The summed E-state index contributed by atoms with van der Waals surface area (Å²) in [7, 11) is 0. The van der Waals surface area contributed by atoms with Crippen molar-refractivity contribution in [3.63, 3.8) is 0 Å². The molecule has 0 aliphatic carbocycles. The zero-order chi connectivity index (χ0) is 18.3. The molecular formula is C21H18N4O. The first-order valence-corrected chi connectivity index (χ1v) is 8.40. The topological polar surface area (TPSA) is 76.9 Å². The number of fused-ring (bicyclic) bond motifs is 1. The van der Waals surface area contributed by atoms with Crippen LogP contribution >= 0.6 is 0 Å². The summed E-state index contributed by atoms with van der Waals surface area (Å²) in [5.41, 5.74) is 11.3. The number of aryl methyl sites for hydroxylation is 2. The smallest absolute Gasteiger partial charge is 0.229 e. The molecule has 0 unspecified atom stereocenters. The second-order valence-corrected chi connectivity index (χ2v) is 6.33. The van der Waals surface area contributed by atoms with Gasteiger partial charge in [0.2, 0.25) is 11.8 Å². The molecule has 2 N–H and O–H groups in total. The highest BCUT2D eigenvalue weighted by Gasteiger charge is 2.36. The number of nitriles is 1. The Labute approximate surface area is 151 Å². The predicted molar refractivity (Wildman–Crippen MR) is 98.8 cm³/mol. The van der Waals surface area contributed by atoms with Crippen LogP contribution in [0, 0.1) is 25.2 Å². The molecular weight excluding hydrogens is 324 g/mol. The number of aromatic nitrogens is 2. The Morgan fingerprint density at radius 3 is 2.46 bits per heavy atom. The Hall–Kier alpha value is -3.52. The van der Waals surface area contributed by atoms with Gasteiger partial charge in [-0.05, 0) is 37.1 Å². The molecule has 0 radical (unpaired) electrons. The predicted octanol–water partition coefficient (Wildman–Crippen LogP) is 3.71. The molecule has 0 saturated carbocycles. The van der Waals surface area contributed by atoms with Crippen LogP contribution in [0.3, 0.4) is 0 Å². The zero-order valence-corrected chi connectivity index (χ0v) is 14.6. The molecule has 0 fully saturated rings. The Kier molecular flexibility index (Phi) is 3.74. The van der Waals surface area contributed by atoms with Crippen LogP contribution < -0.4 is 10.5 Å². The molecule has 4 rings (SSSR count). The molecule has 3 aromatic rings. The van der Waals surface area contributed by atoms with Crippen molar-refractivity contribution in [3.8, 4) is 17.6 Å². The van der Waals surface area contributed by atoms with Crippen molar-refractivity contribution in [1.29, 1.82) is 5.26 Å². The average molecular weight is 342 g/mol. The van der Waals surface area contributed by atoms with Gasteiger partial charge in [-0.25, -0.2) is 4.68 Å². The maximum atomic E-state index is 9.73. The normalized spacial score (nSPS) is 16.0. The van der Waals surface area contributed by atoms with Crippen LogP contribution in [0.1, 0.15) is 28.3 Å². The van der Waals surface area contributed by atoms with E-state index >= 15 is 0 Å². The van der Waals surface area contributed by atoms with Crippen molar-refractivity contribution in [2.45, 2.75) is 19.8 Å². The maximum absolute atomic E-state index is 9.73. The number of para-hydroxylation sites is 1. The lowest BCUT2D eigenvalue weighted by Gasteiger charge is -2.26. The highest BCUT2D eigenvalue weighted by Crippen LogP contribution is 2.45. The van der Waals surface area contributed by atoms with E-state index in [9.17, 15) is 5.26 Å². The van der Waals surface area contributed by atoms with Crippen LogP contribution in [0.2, 0.25) is 0 Å². The minimum atomic E-state index is -0.289. The van der Waals surface area contributed by atoms with Gasteiger partial charge in [-0.3, -0.25) is 0 Å². The largest absolute Gasteiger partial charge is 0.422 e. The molecule has 5 heteroatoms. The number of hydrogen-bond acceptors (Lipinski definition) is 4. The van der Waals surface area contributed by atoms with E-state index in [4.69, 9.17) is 10.5 Å². The number of hydrogen-bond donors (Lipinski definition) is 1. The quantitative estimate of drug-likeness (QED) is 0.770. The molecule has 26 heavy (non-hydrogen) atoms. The van der Waals surface area contributed by atoms with Crippen molar-refractivity contribution in [2.75, 3.05) is 0 Å². The third-order valence-electron chi connectivity index (χ3n) is 4.73. The molecule has 0 amide bonds. The number of nitrogens with zero attached hydrogens (tertiary/aromatic N) is 3. The Morgan fingerprint density at radius 2 is 1.77 bits per heavy atom. The third kappa shape index (κ3) is 2.35. The number of nitrogens with two attached hydrogens (primary N) is 1. The maximum Gasteiger partial charge on any atom is 0.229 e. The van der Waals surface area contributed by atoms with Gasteiger partial charge in [-0.15, -0.1) is 0 Å². The fourth-order valence-corrected chi connectivity index (χ4v) is 3.48. The summed E-state index contributed by atoms with van der Waals surface area (Å²) in [5.74, 6) is 0.409. The van der Waals surface area contributed by atoms with Gasteiger partial charge in [-0.2, -0.15) is 10.4 Å². The number of ether oxygens (including phenoxy) is 1. The van der Waals surface area contributed by atoms with Crippen LogP contribution in [-0.2, 0) is 0 Å². The van der Waals surface area contributed by atoms with Gasteiger partial charge in [0.05, 0.1) is 22.9 Å². The van der Waals surface area contributed by atoms with Gasteiger partial charge in [0, 0.05) is 0 Å². The summed E-state index contributed by atoms with van der Waals surface area (Å²) in [4.78, 5) is 0. The van der Waals surface area contributed by atoms with Gasteiger partial charge >= 0.3 is 0 Å². The molecule has 5 nitrogen and oxygen atoms in total. The minimum Gasteiger partial charge on any atom is -0.422 e. The van der Waals surface area contributed by atoms with Crippen LogP contribution in [0.4, 0.5) is 0 Å². The van der Waals surface area contributed by atoms with Crippen LogP contribution in [-0.4, -0.2) is 9.78 Å². The van der Waals surface area contributed by atoms with Gasteiger partial charge in [0.25, 0.3) is 0 Å². The number of allylic oxidation sites excluding steroid dienone is 1. The molecule has 2 heterocycles. The van der Waals surface area contributed by atoms with Gasteiger partial charge in [0.15, 0.2) is 0 Å². The van der Waals surface area contributed by atoms with E-state index in [1.807, 2.05) is 68.4 Å².